The van der Waals surface area contributed by atoms with Crippen molar-refractivity contribution in [2.45, 2.75) is 32.0 Å². The monoisotopic (exact) mass is 296 g/mol. The molecular formula is C12H13ClN4O3. The Kier molecular flexibility index (Phi) is 3.33. The van der Waals surface area contributed by atoms with Crippen LogP contribution in [0.4, 0.5) is 5.82 Å². The minimum absolute atomic E-state index is 0.207. The summed E-state index contributed by atoms with van der Waals surface area (Å²) in [6.07, 6.45) is 2.72. The lowest BCUT2D eigenvalue weighted by atomic mass is 10.3. The fourth-order valence-electron chi connectivity index (χ4n) is 1.91. The molecule has 3 heterocycles. The third kappa shape index (κ3) is 2.90. The van der Waals surface area contributed by atoms with Crippen LogP contribution in [0.3, 0.4) is 0 Å². The number of rotatable bonds is 3. The Morgan fingerprint density at radius 3 is 2.90 bits per heavy atom. The molecule has 0 bridgehead atoms. The van der Waals surface area contributed by atoms with Gasteiger partial charge in [-0.3, -0.25) is 5.43 Å². The highest BCUT2D eigenvalue weighted by atomic mass is 35.5. The summed E-state index contributed by atoms with van der Waals surface area (Å²) in [6.45, 7) is 3.69. The molecule has 0 aliphatic carbocycles. The van der Waals surface area contributed by atoms with Gasteiger partial charge in [-0.15, -0.1) is 10.2 Å². The lowest BCUT2D eigenvalue weighted by Crippen LogP contribution is -2.22. The number of anilines is 1. The molecule has 2 aliphatic rings. The molecule has 1 fully saturated rings. The van der Waals surface area contributed by atoms with Crippen molar-refractivity contribution in [3.63, 3.8) is 0 Å². The van der Waals surface area contributed by atoms with Gasteiger partial charge in [-0.2, -0.15) is 5.10 Å². The molecule has 106 valence electrons. The average Bonchev–Trinajstić information content (AvgIpc) is 2.84. The van der Waals surface area contributed by atoms with Crippen molar-refractivity contribution in [1.29, 1.82) is 0 Å². The van der Waals surface area contributed by atoms with Gasteiger partial charge in [0.1, 0.15) is 11.9 Å². The van der Waals surface area contributed by atoms with E-state index in [1.165, 1.54) is 6.21 Å². The fraction of sp³-hybridized carbons (Fsp3) is 0.417. The van der Waals surface area contributed by atoms with Gasteiger partial charge < -0.3 is 14.2 Å². The van der Waals surface area contributed by atoms with Crippen molar-refractivity contribution >= 4 is 23.6 Å². The summed E-state index contributed by atoms with van der Waals surface area (Å²) in [5.41, 5.74) is 2.72. The molecule has 8 heteroatoms. The van der Waals surface area contributed by atoms with E-state index in [9.17, 15) is 0 Å². The number of ether oxygens (including phenoxy) is 3. The quantitative estimate of drug-likeness (QED) is 0.678. The van der Waals surface area contributed by atoms with E-state index < -0.39 is 12.1 Å². The van der Waals surface area contributed by atoms with Crippen LogP contribution in [-0.4, -0.2) is 34.6 Å². The van der Waals surface area contributed by atoms with Crippen LogP contribution in [-0.2, 0) is 14.2 Å². The van der Waals surface area contributed by atoms with Crippen molar-refractivity contribution in [2.75, 3.05) is 5.43 Å². The normalized spacial score (nSPS) is 27.2. The number of hydrogen-bond donors (Lipinski definition) is 1. The summed E-state index contributed by atoms with van der Waals surface area (Å²) in [5, 5.41) is 11.8. The van der Waals surface area contributed by atoms with Crippen molar-refractivity contribution < 1.29 is 14.2 Å². The standard InChI is InChI=1S/C12H13ClN4O3/c1-12(2)19-8-5-7(18-11(8)20-12)6-14-16-10-4-3-9(13)15-17-10/h3-6,8,11H,1-2H3,(H,16,17)/t8-,11-/m1/s1. The molecule has 1 N–H and O–H groups in total. The zero-order valence-corrected chi connectivity index (χ0v) is 11.7. The van der Waals surface area contributed by atoms with Gasteiger partial charge in [-0.1, -0.05) is 11.6 Å². The Balaban J connectivity index is 1.57. The molecule has 0 radical (unpaired) electrons. The second-order valence-corrected chi connectivity index (χ2v) is 5.15. The first-order valence-corrected chi connectivity index (χ1v) is 6.42. The average molecular weight is 297 g/mol. The SMILES string of the molecule is CC1(C)O[C@H]2OC(C=NNc3ccc(Cl)nn3)=C[C@H]2O1. The predicted octanol–water partition coefficient (Wildman–Crippen LogP) is 1.92. The van der Waals surface area contributed by atoms with E-state index in [0.29, 0.717) is 16.7 Å². The molecule has 2 atom stereocenters. The zero-order chi connectivity index (χ0) is 14.2. The topological polar surface area (TPSA) is 77.9 Å². The highest BCUT2D eigenvalue weighted by Gasteiger charge is 2.45. The van der Waals surface area contributed by atoms with Gasteiger partial charge in [0.25, 0.3) is 0 Å². The number of nitrogens with one attached hydrogen (secondary N) is 1. The van der Waals surface area contributed by atoms with Crippen LogP contribution in [0, 0.1) is 0 Å². The fourth-order valence-corrected chi connectivity index (χ4v) is 2.01. The lowest BCUT2D eigenvalue weighted by molar-refractivity contribution is -0.179. The van der Waals surface area contributed by atoms with Crippen LogP contribution < -0.4 is 5.43 Å². The van der Waals surface area contributed by atoms with Gasteiger partial charge in [-0.25, -0.2) is 0 Å². The van der Waals surface area contributed by atoms with Gasteiger partial charge in [0.2, 0.25) is 6.29 Å². The Labute approximate surface area is 120 Å². The minimum atomic E-state index is -0.619. The van der Waals surface area contributed by atoms with E-state index >= 15 is 0 Å². The lowest BCUT2D eigenvalue weighted by Gasteiger charge is -2.17. The maximum absolute atomic E-state index is 5.64. The first-order valence-electron chi connectivity index (χ1n) is 6.04. The van der Waals surface area contributed by atoms with E-state index in [1.54, 1.807) is 12.1 Å². The largest absolute Gasteiger partial charge is 0.460 e. The molecule has 1 aromatic heterocycles. The van der Waals surface area contributed by atoms with Crippen LogP contribution in [0.5, 0.6) is 0 Å². The number of fused-ring (bicyclic) bond motifs is 1. The molecular weight excluding hydrogens is 284 g/mol. The van der Waals surface area contributed by atoms with Crippen molar-refractivity contribution in [1.82, 2.24) is 10.2 Å². The van der Waals surface area contributed by atoms with Crippen molar-refractivity contribution in [2.24, 2.45) is 5.10 Å². The molecule has 0 unspecified atom stereocenters. The molecule has 7 nitrogen and oxygen atoms in total. The highest BCUT2D eigenvalue weighted by Crippen LogP contribution is 2.34. The van der Waals surface area contributed by atoms with Crippen LogP contribution in [0.1, 0.15) is 13.8 Å². The number of allylic oxidation sites excluding steroid dienone is 1. The summed E-state index contributed by atoms with van der Waals surface area (Å²) in [4.78, 5) is 0. The Hall–Kier alpha value is -1.70. The Morgan fingerprint density at radius 1 is 1.35 bits per heavy atom. The Bertz CT molecular complexity index is 558. The van der Waals surface area contributed by atoms with E-state index in [1.807, 2.05) is 19.9 Å². The molecule has 0 saturated carbocycles. The number of nitrogens with zero attached hydrogens (tertiary/aromatic N) is 3. The van der Waals surface area contributed by atoms with E-state index in [0.717, 1.165) is 0 Å². The van der Waals surface area contributed by atoms with Gasteiger partial charge >= 0.3 is 0 Å². The zero-order valence-electron chi connectivity index (χ0n) is 10.9. The molecule has 3 rings (SSSR count). The molecule has 20 heavy (non-hydrogen) atoms. The summed E-state index contributed by atoms with van der Waals surface area (Å²) in [6, 6.07) is 3.28. The number of hydrogen-bond acceptors (Lipinski definition) is 7. The van der Waals surface area contributed by atoms with Gasteiger partial charge in [-0.05, 0) is 32.1 Å². The summed E-state index contributed by atoms with van der Waals surface area (Å²) >= 11 is 5.63. The third-order valence-electron chi connectivity index (χ3n) is 2.67. The van der Waals surface area contributed by atoms with Gasteiger partial charge in [0.05, 0.1) is 6.21 Å². The first-order chi connectivity index (χ1) is 9.52. The molecule has 0 spiro atoms. The maximum atomic E-state index is 5.64. The van der Waals surface area contributed by atoms with Crippen LogP contribution in [0.25, 0.3) is 0 Å². The molecule has 0 aromatic carbocycles. The number of halogens is 1. The smallest absolute Gasteiger partial charge is 0.232 e. The van der Waals surface area contributed by atoms with Gasteiger partial charge in [0, 0.05) is 0 Å². The highest BCUT2D eigenvalue weighted by molar-refractivity contribution is 6.29. The minimum Gasteiger partial charge on any atom is -0.460 e. The van der Waals surface area contributed by atoms with Crippen molar-refractivity contribution in [3.05, 3.63) is 29.1 Å². The van der Waals surface area contributed by atoms with Crippen LogP contribution in [0.2, 0.25) is 5.15 Å². The molecule has 2 aliphatic heterocycles. The molecule has 1 saturated heterocycles. The van der Waals surface area contributed by atoms with Crippen LogP contribution >= 0.6 is 11.6 Å². The summed E-state index contributed by atoms with van der Waals surface area (Å²) in [7, 11) is 0. The second kappa shape index (κ2) is 5.01. The van der Waals surface area contributed by atoms with E-state index in [-0.39, 0.29) is 6.10 Å². The van der Waals surface area contributed by atoms with E-state index in [2.05, 4.69) is 20.7 Å². The third-order valence-corrected chi connectivity index (χ3v) is 2.87. The van der Waals surface area contributed by atoms with Crippen molar-refractivity contribution in [3.8, 4) is 0 Å². The van der Waals surface area contributed by atoms with E-state index in [4.69, 9.17) is 25.8 Å². The second-order valence-electron chi connectivity index (χ2n) is 4.77. The summed E-state index contributed by atoms with van der Waals surface area (Å²) in [5.74, 6) is 0.439. The molecule has 0 amide bonds. The maximum Gasteiger partial charge on any atom is 0.232 e. The number of aromatic nitrogens is 2. The first kappa shape index (κ1) is 13.3. The summed E-state index contributed by atoms with van der Waals surface area (Å²) < 4.78 is 16.7. The van der Waals surface area contributed by atoms with Gasteiger partial charge in [0.15, 0.2) is 16.8 Å². The van der Waals surface area contributed by atoms with Crippen LogP contribution in [0.15, 0.2) is 29.1 Å². The Morgan fingerprint density at radius 2 is 2.20 bits per heavy atom. The molecule has 1 aromatic rings. The number of hydrazone groups is 1. The predicted molar refractivity (Wildman–Crippen MR) is 72.1 cm³/mol.